The molecule has 0 aliphatic carbocycles. The zero-order valence-electron chi connectivity index (χ0n) is 15.9. The van der Waals surface area contributed by atoms with E-state index >= 15 is 0 Å². The summed E-state index contributed by atoms with van der Waals surface area (Å²) < 4.78 is 131. The molecular weight excluding hydrogens is 455 g/mol. The van der Waals surface area contributed by atoms with Gasteiger partial charge < -0.3 is 9.84 Å². The van der Waals surface area contributed by atoms with Crippen LogP contribution in [0.5, 0.6) is 11.5 Å². The van der Waals surface area contributed by atoms with Gasteiger partial charge in [0.1, 0.15) is 34.5 Å². The van der Waals surface area contributed by atoms with E-state index in [9.17, 15) is 44.6 Å². The van der Waals surface area contributed by atoms with E-state index in [1.807, 2.05) is 0 Å². The van der Waals surface area contributed by atoms with Crippen molar-refractivity contribution in [1.29, 1.82) is 0 Å². The molecule has 0 spiro atoms. The minimum Gasteiger partial charge on any atom is -0.507 e. The number of benzene rings is 3. The fraction of sp³-hybridized carbons (Fsp3) is 0.143. The molecule has 170 valence electrons. The van der Waals surface area contributed by atoms with Gasteiger partial charge in [0.15, 0.2) is 23.3 Å². The van der Waals surface area contributed by atoms with Gasteiger partial charge in [-0.1, -0.05) is 6.92 Å². The first-order chi connectivity index (χ1) is 14.9. The molecule has 0 saturated heterocycles. The molecule has 11 heteroatoms. The molecule has 0 aliphatic heterocycles. The average molecular weight is 466 g/mol. The Morgan fingerprint density at radius 3 is 1.75 bits per heavy atom. The number of aryl methyl sites for hydroxylation is 1. The Balaban J connectivity index is 2.19. The second-order valence-electron chi connectivity index (χ2n) is 6.55. The standard InChI is InChI=1S/C21H11F9O2/c1-2-8-3-10(22)16(11(23)4-8)17-15(31)7-12(24)18(20(17)28)21(29,30)32-9-5-13(25)19(27)14(26)6-9/h3-7,31H,2H2,1H3. The number of hydrogen-bond acceptors (Lipinski definition) is 2. The number of phenolic OH excluding ortho intramolecular Hbond substituents is 1. The van der Waals surface area contributed by atoms with Crippen LogP contribution in [0.1, 0.15) is 18.1 Å². The van der Waals surface area contributed by atoms with Crippen molar-refractivity contribution in [3.8, 4) is 22.6 Å². The SMILES string of the molecule is CCc1cc(F)c(-c2c(O)cc(F)c(C(F)(F)Oc3cc(F)c(F)c(F)c3)c2F)c(F)c1. The zero-order valence-corrected chi connectivity index (χ0v) is 15.9. The van der Waals surface area contributed by atoms with Crippen molar-refractivity contribution in [1.82, 2.24) is 0 Å². The van der Waals surface area contributed by atoms with Gasteiger partial charge in [-0.2, -0.15) is 8.78 Å². The summed E-state index contributed by atoms with van der Waals surface area (Å²) >= 11 is 0. The van der Waals surface area contributed by atoms with Crippen LogP contribution >= 0.6 is 0 Å². The van der Waals surface area contributed by atoms with Crippen molar-refractivity contribution >= 4 is 0 Å². The lowest BCUT2D eigenvalue weighted by atomic mass is 9.97. The molecule has 3 aromatic carbocycles. The molecule has 0 bridgehead atoms. The maximum atomic E-state index is 14.9. The van der Waals surface area contributed by atoms with Crippen molar-refractivity contribution in [2.45, 2.75) is 19.5 Å². The molecule has 0 saturated carbocycles. The number of aromatic hydroxyl groups is 1. The molecular formula is C21H11F9O2. The van der Waals surface area contributed by atoms with E-state index in [0.29, 0.717) is 0 Å². The highest BCUT2D eigenvalue weighted by Gasteiger charge is 2.43. The fourth-order valence-electron chi connectivity index (χ4n) is 2.97. The number of halogens is 9. The third kappa shape index (κ3) is 4.06. The molecule has 0 heterocycles. The van der Waals surface area contributed by atoms with Crippen LogP contribution in [0, 0.1) is 40.7 Å². The van der Waals surface area contributed by atoms with Gasteiger partial charge in [-0.3, -0.25) is 0 Å². The van der Waals surface area contributed by atoms with Gasteiger partial charge in [0.05, 0.1) is 11.1 Å². The predicted octanol–water partition coefficient (Wildman–Crippen LogP) is 6.72. The molecule has 32 heavy (non-hydrogen) atoms. The van der Waals surface area contributed by atoms with Crippen LogP contribution in [-0.2, 0) is 12.5 Å². The number of hydrogen-bond donors (Lipinski definition) is 1. The minimum atomic E-state index is -5.01. The monoisotopic (exact) mass is 466 g/mol. The third-order valence-corrected chi connectivity index (χ3v) is 4.45. The number of phenols is 1. The molecule has 3 aromatic rings. The van der Waals surface area contributed by atoms with E-state index in [0.717, 1.165) is 12.1 Å². The van der Waals surface area contributed by atoms with E-state index in [4.69, 9.17) is 0 Å². The zero-order chi connectivity index (χ0) is 24.0. The summed E-state index contributed by atoms with van der Waals surface area (Å²) in [6.45, 7) is 1.54. The Labute approximate surface area is 174 Å². The Kier molecular flexibility index (Phi) is 6.03. The van der Waals surface area contributed by atoms with Gasteiger partial charge in [-0.05, 0) is 24.1 Å². The van der Waals surface area contributed by atoms with Crippen LogP contribution in [0.4, 0.5) is 39.5 Å². The van der Waals surface area contributed by atoms with Crippen LogP contribution in [0.25, 0.3) is 11.1 Å². The average Bonchev–Trinajstić information content (AvgIpc) is 2.66. The topological polar surface area (TPSA) is 29.5 Å². The van der Waals surface area contributed by atoms with E-state index in [-0.39, 0.29) is 30.2 Å². The van der Waals surface area contributed by atoms with Crippen molar-refractivity contribution in [3.05, 3.63) is 82.2 Å². The summed E-state index contributed by atoms with van der Waals surface area (Å²) in [6, 6.07) is 1.47. The molecule has 0 radical (unpaired) electrons. The number of ether oxygens (including phenoxy) is 1. The lowest BCUT2D eigenvalue weighted by Crippen LogP contribution is -2.26. The van der Waals surface area contributed by atoms with Crippen molar-refractivity contribution in [3.63, 3.8) is 0 Å². The summed E-state index contributed by atoms with van der Waals surface area (Å²) in [7, 11) is 0. The molecule has 0 atom stereocenters. The van der Waals surface area contributed by atoms with E-state index < -0.39 is 75.0 Å². The first-order valence-electron chi connectivity index (χ1n) is 8.78. The Morgan fingerprint density at radius 1 is 0.719 bits per heavy atom. The Bertz CT molecular complexity index is 1160. The van der Waals surface area contributed by atoms with Crippen molar-refractivity contribution in [2.24, 2.45) is 0 Å². The highest BCUT2D eigenvalue weighted by molar-refractivity contribution is 5.73. The first kappa shape index (κ1) is 23.3. The van der Waals surface area contributed by atoms with Crippen LogP contribution in [0.15, 0.2) is 30.3 Å². The third-order valence-electron chi connectivity index (χ3n) is 4.45. The second-order valence-corrected chi connectivity index (χ2v) is 6.55. The molecule has 0 aromatic heterocycles. The second kappa shape index (κ2) is 8.29. The summed E-state index contributed by atoms with van der Waals surface area (Å²) in [5.74, 6) is -15.9. The van der Waals surface area contributed by atoms with Crippen molar-refractivity contribution < 1.29 is 49.4 Å². The molecule has 0 unspecified atom stereocenters. The minimum absolute atomic E-state index is 0.00767. The van der Waals surface area contributed by atoms with Gasteiger partial charge in [0.25, 0.3) is 0 Å². The van der Waals surface area contributed by atoms with Gasteiger partial charge in [-0.25, -0.2) is 30.7 Å². The Hall–Kier alpha value is -3.37. The predicted molar refractivity (Wildman–Crippen MR) is 93.6 cm³/mol. The normalized spacial score (nSPS) is 11.7. The van der Waals surface area contributed by atoms with E-state index in [1.54, 1.807) is 6.92 Å². The quantitative estimate of drug-likeness (QED) is 0.334. The lowest BCUT2D eigenvalue weighted by molar-refractivity contribution is -0.189. The van der Waals surface area contributed by atoms with Crippen LogP contribution < -0.4 is 4.74 Å². The Morgan fingerprint density at radius 2 is 1.25 bits per heavy atom. The van der Waals surface area contributed by atoms with Gasteiger partial charge in [0, 0.05) is 18.2 Å². The molecule has 0 aliphatic rings. The lowest BCUT2D eigenvalue weighted by Gasteiger charge is -2.21. The van der Waals surface area contributed by atoms with E-state index in [2.05, 4.69) is 4.74 Å². The van der Waals surface area contributed by atoms with Crippen LogP contribution in [0.3, 0.4) is 0 Å². The molecule has 1 N–H and O–H groups in total. The van der Waals surface area contributed by atoms with E-state index in [1.165, 1.54) is 0 Å². The summed E-state index contributed by atoms with van der Waals surface area (Å²) in [5.41, 5.74) is -4.78. The highest BCUT2D eigenvalue weighted by Crippen LogP contribution is 2.44. The fourth-order valence-corrected chi connectivity index (χ4v) is 2.97. The summed E-state index contributed by atoms with van der Waals surface area (Å²) in [6.07, 6.45) is -4.85. The maximum absolute atomic E-state index is 14.9. The maximum Gasteiger partial charge on any atom is 0.432 e. The molecule has 3 rings (SSSR count). The van der Waals surface area contributed by atoms with Gasteiger partial charge in [0.2, 0.25) is 0 Å². The van der Waals surface area contributed by atoms with Gasteiger partial charge in [-0.15, -0.1) is 0 Å². The summed E-state index contributed by atoms with van der Waals surface area (Å²) in [5, 5.41) is 9.84. The summed E-state index contributed by atoms with van der Waals surface area (Å²) in [4.78, 5) is 0. The van der Waals surface area contributed by atoms with Crippen molar-refractivity contribution in [2.75, 3.05) is 0 Å². The molecule has 2 nitrogen and oxygen atoms in total. The smallest absolute Gasteiger partial charge is 0.432 e. The number of rotatable bonds is 5. The largest absolute Gasteiger partial charge is 0.507 e. The van der Waals surface area contributed by atoms with Crippen LogP contribution in [0.2, 0.25) is 0 Å². The first-order valence-corrected chi connectivity index (χ1v) is 8.78. The number of alkyl halides is 2. The molecule has 0 amide bonds. The molecule has 0 fully saturated rings. The van der Waals surface area contributed by atoms with Crippen LogP contribution in [-0.4, -0.2) is 5.11 Å². The highest BCUT2D eigenvalue weighted by atomic mass is 19.3. The van der Waals surface area contributed by atoms with Gasteiger partial charge >= 0.3 is 6.11 Å².